The molecular weight excluding hydrogens is 430 g/mol. The zero-order chi connectivity index (χ0) is 20.5. The van der Waals surface area contributed by atoms with E-state index in [9.17, 15) is 4.79 Å². The van der Waals surface area contributed by atoms with Crippen LogP contribution in [0.25, 0.3) is 21.8 Å². The maximum absolute atomic E-state index is 13.0. The third kappa shape index (κ3) is 3.57. The van der Waals surface area contributed by atoms with Crippen molar-refractivity contribution >= 4 is 40.3 Å². The molecule has 0 bridgehead atoms. The molecule has 1 aliphatic rings. The summed E-state index contributed by atoms with van der Waals surface area (Å²) in [5, 5.41) is 4.09. The molecule has 4 nitrogen and oxygen atoms in total. The minimum Gasteiger partial charge on any atom is -0.346 e. The number of aryl methyl sites for hydroxylation is 1. The lowest BCUT2D eigenvalue weighted by atomic mass is 9.95. The first-order valence-electron chi connectivity index (χ1n) is 9.68. The Bertz CT molecular complexity index is 1200. The summed E-state index contributed by atoms with van der Waals surface area (Å²) in [5.41, 5.74) is 5.36. The second-order valence-corrected chi connectivity index (χ2v) is 10.1. The average molecular weight is 450 g/mol. The Balaban J connectivity index is 1.48. The third-order valence-corrected chi connectivity index (χ3v) is 8.59. The van der Waals surface area contributed by atoms with Crippen LogP contribution < -0.4 is 5.32 Å². The fraction of sp³-hybridized carbons (Fsp3) is 0.174. The van der Waals surface area contributed by atoms with Crippen LogP contribution in [-0.4, -0.2) is 22.1 Å². The summed E-state index contributed by atoms with van der Waals surface area (Å²) in [6.07, 6.45) is 5.62. The van der Waals surface area contributed by atoms with Crippen molar-refractivity contribution in [2.75, 3.05) is 6.26 Å². The van der Waals surface area contributed by atoms with Gasteiger partial charge in [0.15, 0.2) is 0 Å². The molecule has 1 aromatic carbocycles. The Labute approximate surface area is 187 Å². The number of hydrogen-bond donors (Lipinski definition) is 1. The Morgan fingerprint density at radius 3 is 2.70 bits per heavy atom. The first-order chi connectivity index (χ1) is 14.7. The molecule has 0 unspecified atom stereocenters. The van der Waals surface area contributed by atoms with Crippen molar-refractivity contribution in [1.82, 2.24) is 15.3 Å². The molecule has 1 N–H and O–H groups in total. The molecule has 3 heterocycles. The van der Waals surface area contributed by atoms with Crippen LogP contribution in [0.3, 0.4) is 0 Å². The quantitative estimate of drug-likeness (QED) is 0.398. The summed E-state index contributed by atoms with van der Waals surface area (Å²) in [4.78, 5) is 24.4. The number of aromatic nitrogens is 2. The zero-order valence-electron chi connectivity index (χ0n) is 16.3. The number of thioether (sulfide) groups is 1. The lowest BCUT2D eigenvalue weighted by molar-refractivity contribution is 0.0953. The molecule has 150 valence electrons. The highest BCUT2D eigenvalue weighted by atomic mass is 32.2. The summed E-state index contributed by atoms with van der Waals surface area (Å²) in [7, 11) is 0. The van der Waals surface area contributed by atoms with Crippen LogP contribution in [0, 0.1) is 0 Å². The number of carbonyl (C=O) groups is 1. The minimum absolute atomic E-state index is 0.0239. The van der Waals surface area contributed by atoms with Gasteiger partial charge in [0.05, 0.1) is 27.0 Å². The molecule has 0 saturated heterocycles. The topological polar surface area (TPSA) is 54.9 Å². The summed E-state index contributed by atoms with van der Waals surface area (Å²) < 4.78 is 1.17. The maximum atomic E-state index is 13.0. The van der Waals surface area contributed by atoms with Crippen molar-refractivity contribution in [2.45, 2.75) is 23.6 Å². The summed E-state index contributed by atoms with van der Waals surface area (Å²) >= 11 is 5.05. The van der Waals surface area contributed by atoms with Crippen molar-refractivity contribution in [1.29, 1.82) is 0 Å². The summed E-state index contributed by atoms with van der Waals surface area (Å²) in [6.45, 7) is 0.432. The number of carbonyl (C=O) groups excluding carboxylic acids is 1. The number of benzene rings is 1. The van der Waals surface area contributed by atoms with E-state index in [1.807, 2.05) is 36.4 Å². The Hall–Kier alpha value is -2.48. The van der Waals surface area contributed by atoms with Gasteiger partial charge in [0.2, 0.25) is 0 Å². The molecule has 0 atom stereocenters. The van der Waals surface area contributed by atoms with Gasteiger partial charge in [-0.2, -0.15) is 0 Å². The van der Waals surface area contributed by atoms with E-state index in [4.69, 9.17) is 4.98 Å². The van der Waals surface area contributed by atoms with Crippen LogP contribution in [0.2, 0.25) is 0 Å². The molecule has 7 heteroatoms. The van der Waals surface area contributed by atoms with Crippen molar-refractivity contribution < 1.29 is 4.79 Å². The molecule has 1 amide bonds. The molecule has 0 saturated carbocycles. The minimum atomic E-state index is -0.0239. The first kappa shape index (κ1) is 19.5. The molecule has 5 rings (SSSR count). The average Bonchev–Trinajstić information content (AvgIpc) is 3.40. The molecule has 1 aliphatic carbocycles. The molecular formula is C23H19N3OS3. The van der Waals surface area contributed by atoms with Crippen LogP contribution >= 0.6 is 34.4 Å². The van der Waals surface area contributed by atoms with Crippen LogP contribution in [-0.2, 0) is 19.4 Å². The molecule has 4 aromatic rings. The fourth-order valence-electron chi connectivity index (χ4n) is 3.66. The Morgan fingerprint density at radius 1 is 1.10 bits per heavy atom. The van der Waals surface area contributed by atoms with Gasteiger partial charge in [0.1, 0.15) is 5.01 Å². The van der Waals surface area contributed by atoms with Gasteiger partial charge in [-0.05, 0) is 36.8 Å². The monoisotopic (exact) mass is 449 g/mol. The zero-order valence-corrected chi connectivity index (χ0v) is 18.8. The van der Waals surface area contributed by atoms with Gasteiger partial charge in [-0.3, -0.25) is 9.78 Å². The SMILES string of the molecule is CSc1sc(C(=O)NCc2ccccn2)c2c1-c1nc(-c3ccccc3)sc1CC2. The highest BCUT2D eigenvalue weighted by Crippen LogP contribution is 2.48. The van der Waals surface area contributed by atoms with Gasteiger partial charge in [-0.1, -0.05) is 36.4 Å². The van der Waals surface area contributed by atoms with E-state index in [0.29, 0.717) is 6.54 Å². The maximum Gasteiger partial charge on any atom is 0.262 e. The van der Waals surface area contributed by atoms with Crippen molar-refractivity contribution in [3.63, 3.8) is 0 Å². The number of thiophene rings is 1. The molecule has 0 fully saturated rings. The predicted molar refractivity (Wildman–Crippen MR) is 125 cm³/mol. The first-order valence-corrected chi connectivity index (χ1v) is 12.5. The molecule has 30 heavy (non-hydrogen) atoms. The van der Waals surface area contributed by atoms with Crippen LogP contribution in [0.1, 0.15) is 25.8 Å². The second-order valence-electron chi connectivity index (χ2n) is 6.94. The molecule has 0 aliphatic heterocycles. The smallest absolute Gasteiger partial charge is 0.262 e. The fourth-order valence-corrected chi connectivity index (χ4v) is 6.74. The lowest BCUT2D eigenvalue weighted by Crippen LogP contribution is -2.23. The summed E-state index contributed by atoms with van der Waals surface area (Å²) in [5.74, 6) is -0.0239. The highest BCUT2D eigenvalue weighted by Gasteiger charge is 2.30. The van der Waals surface area contributed by atoms with E-state index in [1.165, 1.54) is 9.09 Å². The molecule has 3 aromatic heterocycles. The van der Waals surface area contributed by atoms with Gasteiger partial charge in [0, 0.05) is 22.2 Å². The van der Waals surface area contributed by atoms with E-state index < -0.39 is 0 Å². The van der Waals surface area contributed by atoms with E-state index in [2.05, 4.69) is 28.7 Å². The number of thiazole rings is 1. The number of rotatable bonds is 5. The standard InChI is InChI=1S/C23H19N3OS3/c1-28-23-18-16(20(30-23)21(27)25-13-15-9-5-6-12-24-15)10-11-17-19(18)26-22(29-17)14-7-3-2-4-8-14/h2-9,12H,10-11,13H2,1H3,(H,25,27). The largest absolute Gasteiger partial charge is 0.346 e. The van der Waals surface area contributed by atoms with E-state index >= 15 is 0 Å². The second kappa shape index (κ2) is 8.34. The predicted octanol–water partition coefficient (Wildman–Crippen LogP) is 5.68. The normalized spacial score (nSPS) is 12.3. The number of fused-ring (bicyclic) bond motifs is 3. The van der Waals surface area contributed by atoms with E-state index in [-0.39, 0.29) is 5.91 Å². The van der Waals surface area contributed by atoms with Gasteiger partial charge in [-0.25, -0.2) is 4.98 Å². The lowest BCUT2D eigenvalue weighted by Gasteiger charge is -2.13. The number of hydrogen-bond acceptors (Lipinski definition) is 6. The molecule has 0 radical (unpaired) electrons. The van der Waals surface area contributed by atoms with Crippen LogP contribution in [0.4, 0.5) is 0 Å². The number of amides is 1. The molecule has 0 spiro atoms. The van der Waals surface area contributed by atoms with Crippen molar-refractivity contribution in [2.24, 2.45) is 0 Å². The van der Waals surface area contributed by atoms with Gasteiger partial charge in [0.25, 0.3) is 5.91 Å². The Morgan fingerprint density at radius 2 is 1.93 bits per heavy atom. The number of pyridine rings is 1. The third-order valence-electron chi connectivity index (χ3n) is 5.08. The van der Waals surface area contributed by atoms with Crippen LogP contribution in [0.15, 0.2) is 58.9 Å². The highest BCUT2D eigenvalue weighted by molar-refractivity contribution is 8.00. The van der Waals surface area contributed by atoms with E-state index in [0.717, 1.165) is 50.8 Å². The van der Waals surface area contributed by atoms with E-state index in [1.54, 1.807) is 40.6 Å². The van der Waals surface area contributed by atoms with Gasteiger partial charge < -0.3 is 5.32 Å². The van der Waals surface area contributed by atoms with Crippen molar-refractivity contribution in [3.05, 3.63) is 75.7 Å². The number of nitrogens with one attached hydrogen (secondary N) is 1. The Kier molecular flexibility index (Phi) is 5.41. The van der Waals surface area contributed by atoms with Crippen LogP contribution in [0.5, 0.6) is 0 Å². The summed E-state index contributed by atoms with van der Waals surface area (Å²) in [6, 6.07) is 16.0. The van der Waals surface area contributed by atoms with Gasteiger partial charge in [-0.15, -0.1) is 34.4 Å². The van der Waals surface area contributed by atoms with Gasteiger partial charge >= 0.3 is 0 Å². The van der Waals surface area contributed by atoms with Crippen molar-refractivity contribution in [3.8, 4) is 21.8 Å². The number of nitrogens with zero attached hydrogens (tertiary/aromatic N) is 2.